The third-order valence-corrected chi connectivity index (χ3v) is 5.78. The largest absolute Gasteiger partial charge is 0.372 e. The number of nitrogens with zero attached hydrogens (tertiary/aromatic N) is 2. The molecule has 0 saturated carbocycles. The maximum atomic E-state index is 13.2. The highest BCUT2D eigenvalue weighted by molar-refractivity contribution is 5.97. The van der Waals surface area contributed by atoms with Crippen molar-refractivity contribution < 1.29 is 9.53 Å². The summed E-state index contributed by atoms with van der Waals surface area (Å²) in [5.74, 6) is 0.759. The van der Waals surface area contributed by atoms with Crippen molar-refractivity contribution in [2.75, 3.05) is 25.1 Å². The van der Waals surface area contributed by atoms with Gasteiger partial charge in [0.05, 0.1) is 0 Å². The summed E-state index contributed by atoms with van der Waals surface area (Å²) in [5, 5.41) is 0. The lowest BCUT2D eigenvalue weighted by atomic mass is 9.83. The first-order valence-corrected chi connectivity index (χ1v) is 10.2. The fourth-order valence-electron chi connectivity index (χ4n) is 4.48. The van der Waals surface area contributed by atoms with E-state index in [9.17, 15) is 4.79 Å². The zero-order valence-electron chi connectivity index (χ0n) is 17.4. The lowest BCUT2D eigenvalue weighted by Gasteiger charge is -2.47. The minimum atomic E-state index is -0.457. The summed E-state index contributed by atoms with van der Waals surface area (Å²) >= 11 is 0. The second-order valence-corrected chi connectivity index (χ2v) is 8.05. The maximum Gasteiger partial charge on any atom is 0.256 e. The van der Waals surface area contributed by atoms with Gasteiger partial charge in [0.2, 0.25) is 0 Å². The highest BCUT2D eigenvalue weighted by Crippen LogP contribution is 2.32. The molecule has 1 heterocycles. The number of para-hydroxylation sites is 1. The van der Waals surface area contributed by atoms with Crippen LogP contribution in [0, 0.1) is 11.8 Å². The standard InChI is InChI=1S/C24H32N2O2/c1-18-15-25(17-21-11-7-5-8-12-21)16-19(2)23(18)26(24(27)20(3)28-4)22-13-9-6-10-14-22/h5-14,18-20,23H,15-17H2,1-4H3. The minimum absolute atomic E-state index is 0.0360. The molecule has 28 heavy (non-hydrogen) atoms. The third-order valence-electron chi connectivity index (χ3n) is 5.78. The first-order valence-electron chi connectivity index (χ1n) is 10.2. The Morgan fingerprint density at radius 3 is 2.11 bits per heavy atom. The van der Waals surface area contributed by atoms with Gasteiger partial charge in [0.1, 0.15) is 6.10 Å². The lowest BCUT2D eigenvalue weighted by molar-refractivity contribution is -0.128. The molecule has 0 bridgehead atoms. The van der Waals surface area contributed by atoms with Gasteiger partial charge >= 0.3 is 0 Å². The number of benzene rings is 2. The van der Waals surface area contributed by atoms with Crippen LogP contribution in [0.4, 0.5) is 5.69 Å². The maximum absolute atomic E-state index is 13.2. The molecular formula is C24H32N2O2. The Morgan fingerprint density at radius 2 is 1.57 bits per heavy atom. The number of anilines is 1. The molecule has 150 valence electrons. The van der Waals surface area contributed by atoms with E-state index in [4.69, 9.17) is 4.74 Å². The molecule has 1 fully saturated rings. The Kier molecular flexibility index (Phi) is 6.87. The smallest absolute Gasteiger partial charge is 0.256 e. The van der Waals surface area contributed by atoms with E-state index in [0.717, 1.165) is 25.3 Å². The molecular weight excluding hydrogens is 348 g/mol. The fraction of sp³-hybridized carbons (Fsp3) is 0.458. The minimum Gasteiger partial charge on any atom is -0.372 e. The predicted molar refractivity (Wildman–Crippen MR) is 114 cm³/mol. The van der Waals surface area contributed by atoms with Gasteiger partial charge in [0.15, 0.2) is 0 Å². The Labute approximate surface area is 169 Å². The summed E-state index contributed by atoms with van der Waals surface area (Å²) < 4.78 is 5.37. The van der Waals surface area contributed by atoms with Gasteiger partial charge in [-0.05, 0) is 36.5 Å². The number of carbonyl (C=O) groups is 1. The third kappa shape index (κ3) is 4.62. The van der Waals surface area contributed by atoms with E-state index in [1.807, 2.05) is 42.2 Å². The number of ether oxygens (including phenoxy) is 1. The number of likely N-dealkylation sites (tertiary alicyclic amines) is 1. The monoisotopic (exact) mass is 380 g/mol. The quantitative estimate of drug-likeness (QED) is 0.753. The Balaban J connectivity index is 1.82. The zero-order valence-corrected chi connectivity index (χ0v) is 17.4. The first-order chi connectivity index (χ1) is 13.5. The Morgan fingerprint density at radius 1 is 1.04 bits per heavy atom. The van der Waals surface area contributed by atoms with Crippen molar-refractivity contribution in [1.29, 1.82) is 0 Å². The second kappa shape index (κ2) is 9.35. The molecule has 4 nitrogen and oxygen atoms in total. The molecule has 2 aromatic carbocycles. The van der Waals surface area contributed by atoms with Gasteiger partial charge in [-0.2, -0.15) is 0 Å². The highest BCUT2D eigenvalue weighted by Gasteiger charge is 2.39. The SMILES string of the molecule is COC(C)C(=O)N(c1ccccc1)C1C(C)CN(Cc2ccccc2)CC1C. The summed E-state index contributed by atoms with van der Waals surface area (Å²) in [6.07, 6.45) is -0.457. The predicted octanol–water partition coefficient (Wildman–Crippen LogP) is 4.21. The van der Waals surface area contributed by atoms with Gasteiger partial charge in [-0.1, -0.05) is 62.4 Å². The average Bonchev–Trinajstić information content (AvgIpc) is 2.71. The van der Waals surface area contributed by atoms with Crippen LogP contribution < -0.4 is 4.90 Å². The fourth-order valence-corrected chi connectivity index (χ4v) is 4.48. The molecule has 0 spiro atoms. The van der Waals surface area contributed by atoms with E-state index >= 15 is 0 Å². The summed E-state index contributed by atoms with van der Waals surface area (Å²) in [5.41, 5.74) is 2.29. The van der Waals surface area contributed by atoms with Gasteiger partial charge in [-0.15, -0.1) is 0 Å². The van der Waals surface area contributed by atoms with Crippen LogP contribution in [0.25, 0.3) is 0 Å². The van der Waals surface area contributed by atoms with Crippen LogP contribution in [0.5, 0.6) is 0 Å². The molecule has 3 unspecified atom stereocenters. The van der Waals surface area contributed by atoms with Gasteiger partial charge in [-0.25, -0.2) is 0 Å². The van der Waals surface area contributed by atoms with Gasteiger partial charge in [0.25, 0.3) is 5.91 Å². The number of rotatable bonds is 6. The van der Waals surface area contributed by atoms with Crippen LogP contribution in [0.1, 0.15) is 26.3 Å². The van der Waals surface area contributed by atoms with Crippen LogP contribution in [0.3, 0.4) is 0 Å². The van der Waals surface area contributed by atoms with Crippen molar-refractivity contribution in [3.8, 4) is 0 Å². The van der Waals surface area contributed by atoms with E-state index in [2.05, 4.69) is 49.1 Å². The zero-order chi connectivity index (χ0) is 20.1. The number of methoxy groups -OCH3 is 1. The summed E-state index contributed by atoms with van der Waals surface area (Å²) in [4.78, 5) is 17.7. The normalized spacial score (nSPS) is 23.9. The van der Waals surface area contributed by atoms with E-state index < -0.39 is 6.10 Å². The molecule has 1 amide bonds. The molecule has 0 aliphatic carbocycles. The van der Waals surface area contributed by atoms with Gasteiger partial charge in [0, 0.05) is 38.5 Å². The van der Waals surface area contributed by atoms with Crippen LogP contribution in [0.15, 0.2) is 60.7 Å². The van der Waals surface area contributed by atoms with Crippen molar-refractivity contribution in [2.45, 2.75) is 39.5 Å². The van der Waals surface area contributed by atoms with E-state index in [-0.39, 0.29) is 11.9 Å². The molecule has 1 aliphatic heterocycles. The van der Waals surface area contributed by atoms with Crippen molar-refractivity contribution >= 4 is 11.6 Å². The van der Waals surface area contributed by atoms with Crippen LogP contribution >= 0.6 is 0 Å². The number of hydrogen-bond acceptors (Lipinski definition) is 3. The van der Waals surface area contributed by atoms with E-state index in [1.54, 1.807) is 7.11 Å². The number of piperidine rings is 1. The first kappa shape index (κ1) is 20.6. The molecule has 0 N–H and O–H groups in total. The molecule has 1 aliphatic rings. The molecule has 3 atom stereocenters. The topological polar surface area (TPSA) is 32.8 Å². The average molecular weight is 381 g/mol. The summed E-state index contributed by atoms with van der Waals surface area (Å²) in [6.45, 7) is 9.26. The lowest BCUT2D eigenvalue weighted by Crippen LogP contribution is -2.58. The molecule has 0 radical (unpaired) electrons. The van der Waals surface area contributed by atoms with E-state index in [1.165, 1.54) is 5.56 Å². The molecule has 4 heteroatoms. The van der Waals surface area contributed by atoms with Gasteiger partial charge < -0.3 is 9.64 Å². The van der Waals surface area contributed by atoms with E-state index in [0.29, 0.717) is 11.8 Å². The van der Waals surface area contributed by atoms with Gasteiger partial charge in [-0.3, -0.25) is 9.69 Å². The molecule has 1 saturated heterocycles. The number of carbonyl (C=O) groups excluding carboxylic acids is 1. The Hall–Kier alpha value is -2.17. The second-order valence-electron chi connectivity index (χ2n) is 8.05. The van der Waals surface area contributed by atoms with Crippen molar-refractivity contribution in [3.63, 3.8) is 0 Å². The van der Waals surface area contributed by atoms with Crippen molar-refractivity contribution in [1.82, 2.24) is 4.90 Å². The molecule has 2 aromatic rings. The number of hydrogen-bond donors (Lipinski definition) is 0. The van der Waals surface area contributed by atoms with Crippen LogP contribution in [-0.2, 0) is 16.1 Å². The summed E-state index contributed by atoms with van der Waals surface area (Å²) in [7, 11) is 1.60. The van der Waals surface area contributed by atoms with Crippen LogP contribution in [-0.4, -0.2) is 43.2 Å². The summed E-state index contributed by atoms with van der Waals surface area (Å²) in [6, 6.07) is 20.8. The van der Waals surface area contributed by atoms with Crippen molar-refractivity contribution in [2.24, 2.45) is 11.8 Å². The van der Waals surface area contributed by atoms with Crippen molar-refractivity contribution in [3.05, 3.63) is 66.2 Å². The van der Waals surface area contributed by atoms with Crippen LogP contribution in [0.2, 0.25) is 0 Å². The highest BCUT2D eigenvalue weighted by atomic mass is 16.5. The Bertz CT molecular complexity index is 738. The molecule has 3 rings (SSSR count). The molecule has 0 aromatic heterocycles. The number of amides is 1.